The maximum Gasteiger partial charge on any atom is 0.325 e. The summed E-state index contributed by atoms with van der Waals surface area (Å²) >= 11 is 0. The summed E-state index contributed by atoms with van der Waals surface area (Å²) in [5, 5.41) is 5.07. The summed E-state index contributed by atoms with van der Waals surface area (Å²) in [4.78, 5) is 26.1. The number of amides is 3. The quantitative estimate of drug-likeness (QED) is 0.830. The lowest BCUT2D eigenvalue weighted by Gasteiger charge is -2.21. The van der Waals surface area contributed by atoms with Gasteiger partial charge in [-0.2, -0.15) is 0 Å². The number of nitrogens with zero attached hydrogens (tertiary/aromatic N) is 1. The van der Waals surface area contributed by atoms with Crippen molar-refractivity contribution in [3.8, 4) is 11.5 Å². The molecule has 3 amide bonds. The van der Waals surface area contributed by atoms with Gasteiger partial charge in [0.1, 0.15) is 13.2 Å². The molecule has 0 aromatic heterocycles. The van der Waals surface area contributed by atoms with Gasteiger partial charge < -0.3 is 14.8 Å². The smallest absolute Gasteiger partial charge is 0.325 e. The van der Waals surface area contributed by atoms with Crippen LogP contribution in [0.3, 0.4) is 0 Å². The van der Waals surface area contributed by atoms with E-state index in [1.165, 1.54) is 0 Å². The molecule has 2 aromatic rings. The van der Waals surface area contributed by atoms with E-state index in [1.54, 1.807) is 0 Å². The maximum absolute atomic E-state index is 12.2. The maximum atomic E-state index is 12.2. The highest BCUT2D eigenvalue weighted by atomic mass is 16.6. The van der Waals surface area contributed by atoms with Crippen LogP contribution in [0.5, 0.6) is 11.5 Å². The summed E-state index contributed by atoms with van der Waals surface area (Å²) in [5.74, 6) is 1.08. The number of imide groups is 1. The van der Waals surface area contributed by atoms with Crippen LogP contribution >= 0.6 is 0 Å². The molecule has 0 saturated carbocycles. The zero-order chi connectivity index (χ0) is 20.1. The molecule has 1 heterocycles. The summed E-state index contributed by atoms with van der Waals surface area (Å²) in [6.07, 6.45) is 0. The second kappa shape index (κ2) is 8.75. The number of carbonyl (C=O) groups is 2. The number of anilines is 1. The zero-order valence-electron chi connectivity index (χ0n) is 16.4. The first kappa shape index (κ1) is 19.7. The molecule has 0 aliphatic carbocycles. The Morgan fingerprint density at radius 3 is 2.54 bits per heavy atom. The van der Waals surface area contributed by atoms with Crippen LogP contribution in [0.15, 0.2) is 36.4 Å². The topological polar surface area (TPSA) is 79.9 Å². The summed E-state index contributed by atoms with van der Waals surface area (Å²) in [5.41, 5.74) is 3.73. The van der Waals surface area contributed by atoms with Gasteiger partial charge in [-0.05, 0) is 50.2 Å². The van der Waals surface area contributed by atoms with Crippen molar-refractivity contribution in [2.75, 3.05) is 32.1 Å². The van der Waals surface area contributed by atoms with E-state index in [4.69, 9.17) is 9.47 Å². The summed E-state index contributed by atoms with van der Waals surface area (Å²) < 4.78 is 11.1. The van der Waals surface area contributed by atoms with E-state index in [2.05, 4.69) is 10.6 Å². The van der Waals surface area contributed by atoms with Crippen molar-refractivity contribution in [3.63, 3.8) is 0 Å². The van der Waals surface area contributed by atoms with Gasteiger partial charge in [0.15, 0.2) is 11.5 Å². The van der Waals surface area contributed by atoms with Crippen LogP contribution in [-0.4, -0.2) is 43.6 Å². The normalized spacial score (nSPS) is 12.6. The lowest BCUT2D eigenvalue weighted by Crippen LogP contribution is -2.40. The zero-order valence-corrected chi connectivity index (χ0v) is 16.4. The predicted molar refractivity (Wildman–Crippen MR) is 107 cm³/mol. The second-order valence-corrected chi connectivity index (χ2v) is 6.97. The van der Waals surface area contributed by atoms with E-state index < -0.39 is 6.03 Å². The number of nitrogens with one attached hydrogen (secondary N) is 2. The third-order valence-electron chi connectivity index (χ3n) is 4.36. The Morgan fingerprint density at radius 1 is 1.04 bits per heavy atom. The average Bonchev–Trinajstić information content (AvgIpc) is 2.63. The lowest BCUT2D eigenvalue weighted by atomic mass is 10.1. The van der Waals surface area contributed by atoms with Crippen LogP contribution in [0.1, 0.15) is 16.7 Å². The molecule has 3 rings (SSSR count). The molecule has 0 fully saturated rings. The first-order valence-electron chi connectivity index (χ1n) is 9.16. The third kappa shape index (κ3) is 5.23. The molecule has 0 atom stereocenters. The number of rotatable bonds is 5. The number of carbonyl (C=O) groups excluding carboxylic acids is 2. The van der Waals surface area contributed by atoms with Gasteiger partial charge in [0, 0.05) is 12.2 Å². The average molecular weight is 383 g/mol. The summed E-state index contributed by atoms with van der Waals surface area (Å²) in [6.45, 7) is 5.61. The van der Waals surface area contributed by atoms with Crippen LogP contribution in [-0.2, 0) is 11.3 Å². The minimum absolute atomic E-state index is 0.0920. The number of benzene rings is 2. The molecule has 1 aliphatic heterocycles. The SMILES string of the molecule is Cc1ccc(NC(=O)NC(=O)CN(C)Cc2ccc3c(c2)OCCO3)c(C)c1. The molecule has 7 nitrogen and oxygen atoms in total. The lowest BCUT2D eigenvalue weighted by molar-refractivity contribution is -0.120. The predicted octanol–water partition coefficient (Wildman–Crippen LogP) is 2.85. The number of ether oxygens (including phenoxy) is 2. The molecule has 0 spiro atoms. The van der Waals surface area contributed by atoms with Crippen LogP contribution in [0, 0.1) is 13.8 Å². The third-order valence-corrected chi connectivity index (χ3v) is 4.36. The van der Waals surface area contributed by atoms with Gasteiger partial charge >= 0.3 is 6.03 Å². The van der Waals surface area contributed by atoms with Gasteiger partial charge in [-0.25, -0.2) is 4.79 Å². The Bertz CT molecular complexity index is 882. The van der Waals surface area contributed by atoms with Crippen molar-refractivity contribution in [2.45, 2.75) is 20.4 Å². The van der Waals surface area contributed by atoms with Gasteiger partial charge in [-0.1, -0.05) is 23.8 Å². The fraction of sp³-hybridized carbons (Fsp3) is 0.333. The minimum atomic E-state index is -0.537. The number of urea groups is 1. The van der Waals surface area contributed by atoms with Crippen molar-refractivity contribution in [1.29, 1.82) is 0 Å². The van der Waals surface area contributed by atoms with Crippen LogP contribution < -0.4 is 20.1 Å². The van der Waals surface area contributed by atoms with Gasteiger partial charge in [0.25, 0.3) is 0 Å². The van der Waals surface area contributed by atoms with Crippen LogP contribution in [0.2, 0.25) is 0 Å². The highest BCUT2D eigenvalue weighted by Crippen LogP contribution is 2.31. The molecule has 0 radical (unpaired) electrons. The summed E-state index contributed by atoms with van der Waals surface area (Å²) in [7, 11) is 1.82. The molecule has 148 valence electrons. The van der Waals surface area contributed by atoms with Crippen LogP contribution in [0.25, 0.3) is 0 Å². The van der Waals surface area contributed by atoms with E-state index in [-0.39, 0.29) is 12.5 Å². The van der Waals surface area contributed by atoms with Gasteiger partial charge in [-0.15, -0.1) is 0 Å². The van der Waals surface area contributed by atoms with Crippen molar-refractivity contribution < 1.29 is 19.1 Å². The standard InChI is InChI=1S/C21H25N3O4/c1-14-4-6-17(15(2)10-14)22-21(26)23-20(25)13-24(3)12-16-5-7-18-19(11-16)28-9-8-27-18/h4-7,10-11H,8-9,12-13H2,1-3H3,(H2,22,23,25,26). The first-order valence-corrected chi connectivity index (χ1v) is 9.16. The minimum Gasteiger partial charge on any atom is -0.486 e. The molecular weight excluding hydrogens is 358 g/mol. The fourth-order valence-electron chi connectivity index (χ4n) is 3.07. The first-order chi connectivity index (χ1) is 13.4. The molecule has 7 heteroatoms. The van der Waals surface area contributed by atoms with Crippen molar-refractivity contribution >= 4 is 17.6 Å². The molecule has 0 unspecified atom stereocenters. The van der Waals surface area contributed by atoms with Gasteiger partial charge in [-0.3, -0.25) is 15.0 Å². The highest BCUT2D eigenvalue weighted by Gasteiger charge is 2.15. The number of fused-ring (bicyclic) bond motifs is 1. The molecule has 0 saturated heterocycles. The summed E-state index contributed by atoms with van der Waals surface area (Å²) in [6, 6.07) is 10.9. The Balaban J connectivity index is 1.49. The molecule has 2 aromatic carbocycles. The van der Waals surface area contributed by atoms with E-state index in [0.717, 1.165) is 28.2 Å². The Hall–Kier alpha value is -3.06. The fourth-order valence-corrected chi connectivity index (χ4v) is 3.07. The Morgan fingerprint density at radius 2 is 1.79 bits per heavy atom. The molecule has 1 aliphatic rings. The molecule has 0 bridgehead atoms. The molecular formula is C21H25N3O4. The molecule has 2 N–H and O–H groups in total. The number of hydrogen-bond acceptors (Lipinski definition) is 5. The van der Waals surface area contributed by atoms with Gasteiger partial charge in [0.05, 0.1) is 6.54 Å². The number of aryl methyl sites for hydroxylation is 2. The van der Waals surface area contributed by atoms with E-state index in [0.29, 0.717) is 25.4 Å². The van der Waals surface area contributed by atoms with Gasteiger partial charge in [0.2, 0.25) is 5.91 Å². The highest BCUT2D eigenvalue weighted by molar-refractivity contribution is 6.02. The Kier molecular flexibility index (Phi) is 6.16. The van der Waals surface area contributed by atoms with E-state index in [9.17, 15) is 9.59 Å². The van der Waals surface area contributed by atoms with Crippen LogP contribution in [0.4, 0.5) is 10.5 Å². The number of likely N-dealkylation sites (N-methyl/N-ethyl adjacent to an activating group) is 1. The largest absolute Gasteiger partial charge is 0.486 e. The van der Waals surface area contributed by atoms with Crippen molar-refractivity contribution in [2.24, 2.45) is 0 Å². The molecule has 28 heavy (non-hydrogen) atoms. The van der Waals surface area contributed by atoms with Crippen molar-refractivity contribution in [1.82, 2.24) is 10.2 Å². The second-order valence-electron chi connectivity index (χ2n) is 6.97. The van der Waals surface area contributed by atoms with E-state index in [1.807, 2.05) is 62.2 Å². The van der Waals surface area contributed by atoms with Crippen molar-refractivity contribution in [3.05, 3.63) is 53.1 Å². The monoisotopic (exact) mass is 383 g/mol. The Labute approximate surface area is 164 Å². The van der Waals surface area contributed by atoms with E-state index >= 15 is 0 Å². The number of hydrogen-bond donors (Lipinski definition) is 2.